The summed E-state index contributed by atoms with van der Waals surface area (Å²) in [5.74, 6) is -1.60. The summed E-state index contributed by atoms with van der Waals surface area (Å²) in [6, 6.07) is 6.93. The van der Waals surface area contributed by atoms with E-state index in [4.69, 9.17) is 14.5 Å². The smallest absolute Gasteiger partial charge is 0.355 e. The van der Waals surface area contributed by atoms with Gasteiger partial charge in [0, 0.05) is 28.6 Å². The number of esters is 2. The quantitative estimate of drug-likeness (QED) is 0.399. The Morgan fingerprint density at radius 2 is 2.06 bits per heavy atom. The van der Waals surface area contributed by atoms with E-state index in [1.165, 1.54) is 6.92 Å². The van der Waals surface area contributed by atoms with Crippen molar-refractivity contribution in [1.82, 2.24) is 14.5 Å². The molecule has 2 aromatic heterocycles. The highest BCUT2D eigenvalue weighted by atomic mass is 16.6. The summed E-state index contributed by atoms with van der Waals surface area (Å²) in [5.41, 5.74) is 1.53. The van der Waals surface area contributed by atoms with Crippen molar-refractivity contribution in [1.29, 1.82) is 0 Å². The van der Waals surface area contributed by atoms with Crippen molar-refractivity contribution in [2.24, 2.45) is 0 Å². The van der Waals surface area contributed by atoms with Gasteiger partial charge in [-0.3, -0.25) is 4.79 Å². The number of phenolic OH excluding ortho intramolecular Hbond substituents is 1. The Balaban J connectivity index is 1.72. The lowest BCUT2D eigenvalue weighted by atomic mass is 9.85. The predicted molar refractivity (Wildman–Crippen MR) is 129 cm³/mol. The van der Waals surface area contributed by atoms with E-state index in [-0.39, 0.29) is 42.0 Å². The molecule has 10 heteroatoms. The lowest BCUT2D eigenvalue weighted by molar-refractivity contribution is -0.193. The number of benzene rings is 1. The minimum absolute atomic E-state index is 0.0192. The van der Waals surface area contributed by atoms with Gasteiger partial charge in [-0.2, -0.15) is 0 Å². The molecule has 2 aliphatic rings. The number of nitrogens with zero attached hydrogens (tertiary/aromatic N) is 3. The molecule has 0 saturated heterocycles. The van der Waals surface area contributed by atoms with Gasteiger partial charge in [0.15, 0.2) is 0 Å². The summed E-state index contributed by atoms with van der Waals surface area (Å²) in [4.78, 5) is 45.6. The third kappa shape index (κ3) is 3.48. The van der Waals surface area contributed by atoms with Crippen LogP contribution in [0.15, 0.2) is 29.1 Å². The number of carbonyl (C=O) groups excluding carboxylic acids is 2. The van der Waals surface area contributed by atoms with E-state index < -0.39 is 23.6 Å². The number of phenols is 1. The fourth-order valence-corrected chi connectivity index (χ4v) is 5.00. The van der Waals surface area contributed by atoms with E-state index in [2.05, 4.69) is 0 Å². The number of carbonyl (C=O) groups is 2. The number of aliphatic hydroxyl groups excluding tert-OH is 1. The van der Waals surface area contributed by atoms with Crippen LogP contribution in [0.3, 0.4) is 0 Å². The predicted octanol–water partition coefficient (Wildman–Crippen LogP) is 1.78. The monoisotopic (exact) mass is 493 g/mol. The molecule has 10 nitrogen and oxygen atoms in total. The summed E-state index contributed by atoms with van der Waals surface area (Å²) < 4.78 is 12.3. The van der Waals surface area contributed by atoms with Crippen molar-refractivity contribution in [3.8, 4) is 17.1 Å². The van der Waals surface area contributed by atoms with Crippen molar-refractivity contribution < 1.29 is 29.3 Å². The van der Waals surface area contributed by atoms with Crippen LogP contribution in [-0.4, -0.2) is 56.8 Å². The molecule has 0 saturated carbocycles. The van der Waals surface area contributed by atoms with Gasteiger partial charge in [-0.05, 0) is 51.7 Å². The van der Waals surface area contributed by atoms with Crippen LogP contribution in [0.5, 0.6) is 5.75 Å². The molecule has 0 aliphatic carbocycles. The van der Waals surface area contributed by atoms with Gasteiger partial charge < -0.3 is 29.2 Å². The molecule has 36 heavy (non-hydrogen) atoms. The minimum atomic E-state index is -1.85. The van der Waals surface area contributed by atoms with Crippen molar-refractivity contribution in [2.75, 3.05) is 14.1 Å². The van der Waals surface area contributed by atoms with E-state index in [1.54, 1.807) is 29.7 Å². The van der Waals surface area contributed by atoms with Crippen LogP contribution < -0.4 is 5.56 Å². The normalized spacial score (nSPS) is 19.0. The maximum absolute atomic E-state index is 13.6. The Labute approximate surface area is 206 Å². The van der Waals surface area contributed by atoms with E-state index in [0.29, 0.717) is 23.4 Å². The number of rotatable bonds is 5. The van der Waals surface area contributed by atoms with Gasteiger partial charge in [0.05, 0.1) is 29.0 Å². The zero-order chi connectivity index (χ0) is 25.9. The van der Waals surface area contributed by atoms with E-state index in [0.717, 1.165) is 16.5 Å². The Kier molecular flexibility index (Phi) is 5.60. The lowest BCUT2D eigenvalue weighted by Crippen LogP contribution is -2.48. The number of aromatic hydroxyl groups is 1. The summed E-state index contributed by atoms with van der Waals surface area (Å²) in [6.45, 7) is 3.42. The summed E-state index contributed by atoms with van der Waals surface area (Å²) in [6.07, 6.45) is -1.44. The summed E-state index contributed by atoms with van der Waals surface area (Å²) in [7, 11) is 3.82. The topological polar surface area (TPSA) is 131 Å². The molecule has 0 bridgehead atoms. The number of hydrogen-bond donors (Lipinski definition) is 2. The molecular formula is C26H27N3O7. The number of aliphatic hydroxyl groups is 1. The fourth-order valence-electron chi connectivity index (χ4n) is 5.00. The molecule has 188 valence electrons. The maximum atomic E-state index is 13.6. The minimum Gasteiger partial charge on any atom is -0.508 e. The molecule has 0 amide bonds. The van der Waals surface area contributed by atoms with E-state index in [9.17, 15) is 24.6 Å². The number of pyridine rings is 2. The molecule has 2 aliphatic heterocycles. The molecule has 0 radical (unpaired) electrons. The first-order valence-corrected chi connectivity index (χ1v) is 11.7. The Bertz CT molecular complexity index is 1490. The largest absolute Gasteiger partial charge is 0.508 e. The molecule has 0 spiro atoms. The average molecular weight is 494 g/mol. The van der Waals surface area contributed by atoms with Crippen LogP contribution in [0.25, 0.3) is 22.3 Å². The van der Waals surface area contributed by atoms with Gasteiger partial charge >= 0.3 is 11.9 Å². The first-order valence-electron chi connectivity index (χ1n) is 11.7. The number of aromatic nitrogens is 2. The Morgan fingerprint density at radius 3 is 2.72 bits per heavy atom. The van der Waals surface area contributed by atoms with Crippen molar-refractivity contribution in [2.45, 2.75) is 51.7 Å². The van der Waals surface area contributed by atoms with Gasteiger partial charge in [0.2, 0.25) is 5.60 Å². The van der Waals surface area contributed by atoms with Crippen molar-refractivity contribution in [3.63, 3.8) is 0 Å². The Morgan fingerprint density at radius 1 is 1.31 bits per heavy atom. The highest BCUT2D eigenvalue weighted by Crippen LogP contribution is 2.41. The van der Waals surface area contributed by atoms with Gasteiger partial charge in [0.1, 0.15) is 18.5 Å². The van der Waals surface area contributed by atoms with Crippen LogP contribution in [0.2, 0.25) is 0 Å². The molecule has 3 aromatic rings. The third-order valence-electron chi connectivity index (χ3n) is 6.84. The van der Waals surface area contributed by atoms with Crippen LogP contribution >= 0.6 is 0 Å². The first kappa shape index (κ1) is 24.0. The molecule has 1 aromatic carbocycles. The molecule has 1 unspecified atom stereocenters. The highest BCUT2D eigenvalue weighted by Gasteiger charge is 2.50. The zero-order valence-corrected chi connectivity index (χ0v) is 20.5. The highest BCUT2D eigenvalue weighted by molar-refractivity contribution is 5.90. The van der Waals surface area contributed by atoms with Gasteiger partial charge in [0.25, 0.3) is 5.56 Å². The van der Waals surface area contributed by atoms with Crippen LogP contribution in [0.4, 0.5) is 0 Å². The molecule has 5 rings (SSSR count). The molecule has 4 heterocycles. The molecule has 2 atom stereocenters. The number of hydrogen-bond acceptors (Lipinski definition) is 9. The standard InChI is InChI=1S/C26H27N3O7/c1-5-26(36-24(33)13(2)30)18-9-20-22-14(10-29(20)23(32)17(18)12-35-25(26)34)8-15-16(11-28(3)4)21(31)7-6-19(15)27-22/h6-9,13,30-31H,5,10-12H2,1-4H3/t13?,26-/m0/s1. The zero-order valence-electron chi connectivity index (χ0n) is 20.5. The Hall–Kier alpha value is -3.76. The van der Waals surface area contributed by atoms with Crippen molar-refractivity contribution >= 4 is 22.8 Å². The third-order valence-corrected chi connectivity index (χ3v) is 6.84. The number of fused-ring (bicyclic) bond motifs is 5. The molecular weight excluding hydrogens is 466 g/mol. The van der Waals surface area contributed by atoms with Crippen LogP contribution in [-0.2, 0) is 44.4 Å². The molecule has 0 fully saturated rings. The van der Waals surface area contributed by atoms with Crippen molar-refractivity contribution in [3.05, 3.63) is 56.9 Å². The molecule has 2 N–H and O–H groups in total. The number of ether oxygens (including phenoxy) is 2. The summed E-state index contributed by atoms with van der Waals surface area (Å²) in [5, 5.41) is 21.0. The average Bonchev–Trinajstić information content (AvgIpc) is 3.19. The lowest BCUT2D eigenvalue weighted by Gasteiger charge is -2.35. The van der Waals surface area contributed by atoms with Gasteiger partial charge in [-0.1, -0.05) is 6.92 Å². The van der Waals surface area contributed by atoms with Crippen LogP contribution in [0, 0.1) is 0 Å². The second-order valence-electron chi connectivity index (χ2n) is 9.53. The van der Waals surface area contributed by atoms with Gasteiger partial charge in [-0.25, -0.2) is 14.6 Å². The number of cyclic esters (lactones) is 1. The van der Waals surface area contributed by atoms with E-state index >= 15 is 0 Å². The van der Waals surface area contributed by atoms with Gasteiger partial charge in [-0.15, -0.1) is 0 Å². The first-order chi connectivity index (χ1) is 17.1. The fraction of sp³-hybridized carbons (Fsp3) is 0.385. The maximum Gasteiger partial charge on any atom is 0.355 e. The summed E-state index contributed by atoms with van der Waals surface area (Å²) >= 11 is 0. The SMILES string of the molecule is CC[C@@]1(OC(=O)C(C)O)C(=O)OCc2c1cc1n(c2=O)Cc2cc3c(CN(C)C)c(O)ccc3nc2-1. The second-order valence-corrected chi connectivity index (χ2v) is 9.53. The van der Waals surface area contributed by atoms with Crippen LogP contribution in [0.1, 0.15) is 42.5 Å². The van der Waals surface area contributed by atoms with E-state index in [1.807, 2.05) is 25.1 Å². The second kappa shape index (κ2) is 8.42.